The molecule has 1 heteroatoms. The average molecular weight is 202 g/mol. The first-order chi connectivity index (χ1) is 7.36. The molecule has 0 aliphatic carbocycles. The molecule has 0 radical (unpaired) electrons. The third kappa shape index (κ3) is 4.50. The van der Waals surface area contributed by atoms with Crippen LogP contribution in [0, 0.1) is 0 Å². The SMILES string of the molecule is C=C/C=C/c1ccc(OCCCC)cc1. The zero-order chi connectivity index (χ0) is 10.9. The van der Waals surface area contributed by atoms with E-state index >= 15 is 0 Å². The van der Waals surface area contributed by atoms with Gasteiger partial charge in [-0.15, -0.1) is 0 Å². The highest BCUT2D eigenvalue weighted by atomic mass is 16.5. The van der Waals surface area contributed by atoms with Gasteiger partial charge < -0.3 is 4.74 Å². The number of ether oxygens (including phenoxy) is 1. The van der Waals surface area contributed by atoms with E-state index in [1.165, 1.54) is 6.42 Å². The topological polar surface area (TPSA) is 9.23 Å². The highest BCUT2D eigenvalue weighted by Crippen LogP contribution is 2.13. The highest BCUT2D eigenvalue weighted by molar-refractivity contribution is 5.51. The standard InChI is InChI=1S/C14H18O/c1-3-5-7-13-8-10-14(11-9-13)15-12-6-4-2/h3,5,7-11H,1,4,6,12H2,2H3/b7-5+. The predicted octanol–water partition coefficient (Wildman–Crippen LogP) is 4.06. The highest BCUT2D eigenvalue weighted by Gasteiger charge is 1.92. The third-order valence-corrected chi connectivity index (χ3v) is 2.07. The monoisotopic (exact) mass is 202 g/mol. The number of unbranched alkanes of at least 4 members (excludes halogenated alkanes) is 1. The summed E-state index contributed by atoms with van der Waals surface area (Å²) in [6.45, 7) is 6.59. The molecular formula is C14H18O. The first-order valence-electron chi connectivity index (χ1n) is 5.38. The maximum atomic E-state index is 5.56. The van der Waals surface area contributed by atoms with E-state index in [0.29, 0.717) is 0 Å². The minimum Gasteiger partial charge on any atom is -0.494 e. The fourth-order valence-electron chi connectivity index (χ4n) is 1.19. The lowest BCUT2D eigenvalue weighted by molar-refractivity contribution is 0.309. The van der Waals surface area contributed by atoms with E-state index in [1.807, 2.05) is 36.4 Å². The molecule has 0 aromatic heterocycles. The van der Waals surface area contributed by atoms with Crippen molar-refractivity contribution in [3.63, 3.8) is 0 Å². The zero-order valence-electron chi connectivity index (χ0n) is 9.28. The van der Waals surface area contributed by atoms with Crippen molar-refractivity contribution in [2.75, 3.05) is 6.61 Å². The molecule has 0 spiro atoms. The molecule has 0 saturated carbocycles. The van der Waals surface area contributed by atoms with E-state index in [2.05, 4.69) is 13.5 Å². The van der Waals surface area contributed by atoms with Crippen molar-refractivity contribution in [1.29, 1.82) is 0 Å². The maximum absolute atomic E-state index is 5.56. The van der Waals surface area contributed by atoms with E-state index in [-0.39, 0.29) is 0 Å². The zero-order valence-corrected chi connectivity index (χ0v) is 9.28. The summed E-state index contributed by atoms with van der Waals surface area (Å²) in [6.07, 6.45) is 7.99. The Balaban J connectivity index is 2.48. The molecule has 0 bridgehead atoms. The lowest BCUT2D eigenvalue weighted by Crippen LogP contribution is -1.95. The van der Waals surface area contributed by atoms with E-state index in [1.54, 1.807) is 6.08 Å². The molecule has 0 heterocycles. The fraction of sp³-hybridized carbons (Fsp3) is 0.286. The van der Waals surface area contributed by atoms with Gasteiger partial charge in [-0.05, 0) is 24.1 Å². The van der Waals surface area contributed by atoms with Crippen LogP contribution in [-0.2, 0) is 0 Å². The third-order valence-electron chi connectivity index (χ3n) is 2.07. The second kappa shape index (κ2) is 6.88. The van der Waals surface area contributed by atoms with Crippen LogP contribution in [0.5, 0.6) is 5.75 Å². The second-order valence-electron chi connectivity index (χ2n) is 3.37. The quantitative estimate of drug-likeness (QED) is 0.499. The van der Waals surface area contributed by atoms with Gasteiger partial charge in [0.1, 0.15) is 5.75 Å². The van der Waals surface area contributed by atoms with Crippen molar-refractivity contribution >= 4 is 6.08 Å². The largest absolute Gasteiger partial charge is 0.494 e. The maximum Gasteiger partial charge on any atom is 0.119 e. The molecule has 0 saturated heterocycles. The molecule has 0 N–H and O–H groups in total. The van der Waals surface area contributed by atoms with Gasteiger partial charge in [0.15, 0.2) is 0 Å². The molecule has 0 atom stereocenters. The number of allylic oxidation sites excluding steroid dienone is 2. The van der Waals surface area contributed by atoms with Crippen LogP contribution in [0.4, 0.5) is 0 Å². The van der Waals surface area contributed by atoms with Crippen LogP contribution < -0.4 is 4.74 Å². The molecule has 1 nitrogen and oxygen atoms in total. The van der Waals surface area contributed by atoms with Crippen LogP contribution in [0.2, 0.25) is 0 Å². The Hall–Kier alpha value is -1.50. The Morgan fingerprint density at radius 3 is 2.60 bits per heavy atom. The molecule has 0 aliphatic heterocycles. The molecule has 0 amide bonds. The Morgan fingerprint density at radius 2 is 2.00 bits per heavy atom. The van der Waals surface area contributed by atoms with Gasteiger partial charge in [0.25, 0.3) is 0 Å². The summed E-state index contributed by atoms with van der Waals surface area (Å²) in [5.41, 5.74) is 1.16. The van der Waals surface area contributed by atoms with Gasteiger partial charge in [-0.25, -0.2) is 0 Å². The van der Waals surface area contributed by atoms with Gasteiger partial charge >= 0.3 is 0 Å². The van der Waals surface area contributed by atoms with Crippen molar-refractivity contribution in [2.45, 2.75) is 19.8 Å². The van der Waals surface area contributed by atoms with Crippen LogP contribution >= 0.6 is 0 Å². The van der Waals surface area contributed by atoms with Crippen molar-refractivity contribution in [1.82, 2.24) is 0 Å². The minimum absolute atomic E-state index is 0.804. The van der Waals surface area contributed by atoms with Gasteiger partial charge in [-0.1, -0.05) is 50.3 Å². The minimum atomic E-state index is 0.804. The first-order valence-corrected chi connectivity index (χ1v) is 5.38. The smallest absolute Gasteiger partial charge is 0.119 e. The molecule has 0 unspecified atom stereocenters. The van der Waals surface area contributed by atoms with Crippen LogP contribution in [0.3, 0.4) is 0 Å². The molecule has 1 aromatic carbocycles. The molecule has 15 heavy (non-hydrogen) atoms. The van der Waals surface area contributed by atoms with E-state index in [0.717, 1.165) is 24.3 Å². The predicted molar refractivity (Wildman–Crippen MR) is 66.1 cm³/mol. The van der Waals surface area contributed by atoms with Gasteiger partial charge in [0.05, 0.1) is 6.61 Å². The molecule has 0 fully saturated rings. The molecule has 0 aliphatic rings. The normalized spacial score (nSPS) is 10.5. The molecule has 80 valence electrons. The van der Waals surface area contributed by atoms with Gasteiger partial charge in [-0.2, -0.15) is 0 Å². The summed E-state index contributed by atoms with van der Waals surface area (Å²) < 4.78 is 5.56. The second-order valence-corrected chi connectivity index (χ2v) is 3.37. The van der Waals surface area contributed by atoms with Crippen molar-refractivity contribution in [3.8, 4) is 5.75 Å². The van der Waals surface area contributed by atoms with E-state index < -0.39 is 0 Å². The summed E-state index contributed by atoms with van der Waals surface area (Å²) in [5.74, 6) is 0.944. The van der Waals surface area contributed by atoms with Crippen LogP contribution in [0.1, 0.15) is 25.3 Å². The Bertz CT molecular complexity index is 309. The van der Waals surface area contributed by atoms with Gasteiger partial charge in [-0.3, -0.25) is 0 Å². The summed E-state index contributed by atoms with van der Waals surface area (Å²) >= 11 is 0. The molecule has 1 rings (SSSR count). The average Bonchev–Trinajstić information content (AvgIpc) is 2.28. The van der Waals surface area contributed by atoms with Crippen LogP contribution in [-0.4, -0.2) is 6.61 Å². The molecule has 1 aromatic rings. The summed E-state index contributed by atoms with van der Waals surface area (Å²) in [6, 6.07) is 8.08. The Labute approximate surface area is 92.1 Å². The lowest BCUT2D eigenvalue weighted by atomic mass is 10.2. The summed E-state index contributed by atoms with van der Waals surface area (Å²) in [4.78, 5) is 0. The van der Waals surface area contributed by atoms with E-state index in [9.17, 15) is 0 Å². The van der Waals surface area contributed by atoms with Crippen LogP contribution in [0.15, 0.2) is 43.0 Å². The summed E-state index contributed by atoms with van der Waals surface area (Å²) in [7, 11) is 0. The lowest BCUT2D eigenvalue weighted by Gasteiger charge is -2.04. The number of rotatable bonds is 6. The van der Waals surface area contributed by atoms with Gasteiger partial charge in [0.2, 0.25) is 0 Å². The number of hydrogen-bond donors (Lipinski definition) is 0. The van der Waals surface area contributed by atoms with Crippen LogP contribution in [0.25, 0.3) is 6.08 Å². The van der Waals surface area contributed by atoms with Gasteiger partial charge in [0, 0.05) is 0 Å². The summed E-state index contributed by atoms with van der Waals surface area (Å²) in [5, 5.41) is 0. The fourth-order valence-corrected chi connectivity index (χ4v) is 1.19. The number of benzene rings is 1. The molecular weight excluding hydrogens is 184 g/mol. The number of hydrogen-bond acceptors (Lipinski definition) is 1. The van der Waals surface area contributed by atoms with E-state index in [4.69, 9.17) is 4.74 Å². The van der Waals surface area contributed by atoms with Crippen molar-refractivity contribution in [3.05, 3.63) is 48.6 Å². The van der Waals surface area contributed by atoms with Crippen molar-refractivity contribution in [2.24, 2.45) is 0 Å². The Morgan fingerprint density at radius 1 is 1.27 bits per heavy atom. The Kier molecular flexibility index (Phi) is 5.31. The van der Waals surface area contributed by atoms with Crippen molar-refractivity contribution < 1.29 is 4.74 Å². The first kappa shape index (κ1) is 11.6.